The SMILES string of the molecule is CCCCN(C(=O)C(C)NC(=O)OC(C)(C)C)C(C(=O)NC(C)(C)C)c1ccc(C)cc1. The third-order valence-corrected chi connectivity index (χ3v) is 4.59. The van der Waals surface area contributed by atoms with Crippen molar-refractivity contribution in [1.82, 2.24) is 15.5 Å². The summed E-state index contributed by atoms with van der Waals surface area (Å²) in [5.41, 5.74) is 0.660. The molecule has 2 N–H and O–H groups in total. The maximum Gasteiger partial charge on any atom is 0.408 e. The summed E-state index contributed by atoms with van der Waals surface area (Å²) in [5, 5.41) is 5.62. The zero-order chi connectivity index (χ0) is 24.7. The Morgan fingerprint density at radius 3 is 2.06 bits per heavy atom. The van der Waals surface area contributed by atoms with Crippen LogP contribution in [0.15, 0.2) is 24.3 Å². The smallest absolute Gasteiger partial charge is 0.408 e. The van der Waals surface area contributed by atoms with E-state index >= 15 is 0 Å². The van der Waals surface area contributed by atoms with E-state index in [4.69, 9.17) is 4.74 Å². The van der Waals surface area contributed by atoms with Gasteiger partial charge in [0.1, 0.15) is 17.7 Å². The van der Waals surface area contributed by atoms with Crippen molar-refractivity contribution >= 4 is 17.9 Å². The standard InChI is InChI=1S/C25H41N3O4/c1-10-11-16-28(22(30)18(3)26-23(31)32-25(7,8)9)20(21(29)27-24(4,5)6)19-14-12-17(2)13-15-19/h12-15,18,20H,10-11,16H2,1-9H3,(H,26,31)(H,27,29). The van der Waals surface area contributed by atoms with Crippen LogP contribution in [0.5, 0.6) is 0 Å². The second kappa shape index (κ2) is 11.3. The van der Waals surface area contributed by atoms with E-state index in [-0.39, 0.29) is 11.8 Å². The van der Waals surface area contributed by atoms with Gasteiger partial charge in [-0.1, -0.05) is 43.2 Å². The number of aryl methyl sites for hydroxylation is 1. The van der Waals surface area contributed by atoms with E-state index in [0.29, 0.717) is 6.54 Å². The van der Waals surface area contributed by atoms with Gasteiger partial charge in [0.25, 0.3) is 0 Å². The van der Waals surface area contributed by atoms with Gasteiger partial charge in [-0.15, -0.1) is 0 Å². The van der Waals surface area contributed by atoms with Crippen LogP contribution in [0.3, 0.4) is 0 Å². The van der Waals surface area contributed by atoms with Crippen molar-refractivity contribution in [3.05, 3.63) is 35.4 Å². The number of alkyl carbamates (subject to hydrolysis) is 1. The summed E-state index contributed by atoms with van der Waals surface area (Å²) in [4.78, 5) is 40.6. The first-order valence-corrected chi connectivity index (χ1v) is 11.3. The summed E-state index contributed by atoms with van der Waals surface area (Å²) in [7, 11) is 0. The van der Waals surface area contributed by atoms with Gasteiger partial charge in [-0.05, 0) is 67.4 Å². The Kier molecular flexibility index (Phi) is 9.73. The van der Waals surface area contributed by atoms with Gasteiger partial charge in [0.15, 0.2) is 0 Å². The van der Waals surface area contributed by atoms with Crippen molar-refractivity contribution in [2.75, 3.05) is 6.54 Å². The van der Waals surface area contributed by atoms with Crippen molar-refractivity contribution in [1.29, 1.82) is 0 Å². The molecule has 7 nitrogen and oxygen atoms in total. The Morgan fingerprint density at radius 1 is 1.03 bits per heavy atom. The molecule has 0 radical (unpaired) electrons. The van der Waals surface area contributed by atoms with Crippen LogP contribution in [0.1, 0.15) is 85.4 Å². The van der Waals surface area contributed by atoms with Crippen LogP contribution < -0.4 is 10.6 Å². The highest BCUT2D eigenvalue weighted by Crippen LogP contribution is 2.24. The molecular weight excluding hydrogens is 406 g/mol. The third kappa shape index (κ3) is 9.28. The average molecular weight is 448 g/mol. The molecule has 0 aliphatic heterocycles. The van der Waals surface area contributed by atoms with Gasteiger partial charge in [0, 0.05) is 12.1 Å². The summed E-state index contributed by atoms with van der Waals surface area (Å²) in [5.74, 6) is -0.589. The molecule has 1 rings (SSSR count). The molecule has 1 aromatic rings. The summed E-state index contributed by atoms with van der Waals surface area (Å²) < 4.78 is 5.29. The van der Waals surface area contributed by atoms with Gasteiger partial charge in [-0.25, -0.2) is 4.79 Å². The number of unbranched alkanes of at least 4 members (excludes halogenated alkanes) is 1. The minimum Gasteiger partial charge on any atom is -0.444 e. The molecule has 0 aliphatic carbocycles. The largest absolute Gasteiger partial charge is 0.444 e. The topological polar surface area (TPSA) is 87.7 Å². The molecule has 1 aromatic carbocycles. The van der Waals surface area contributed by atoms with E-state index in [1.807, 2.05) is 58.9 Å². The third-order valence-electron chi connectivity index (χ3n) is 4.59. The lowest BCUT2D eigenvalue weighted by atomic mass is 9.99. The number of hydrogen-bond acceptors (Lipinski definition) is 4. The normalized spacial score (nSPS) is 13.7. The highest BCUT2D eigenvalue weighted by atomic mass is 16.6. The monoisotopic (exact) mass is 447 g/mol. The molecule has 2 atom stereocenters. The van der Waals surface area contributed by atoms with Crippen LogP contribution >= 0.6 is 0 Å². The molecule has 2 unspecified atom stereocenters. The number of nitrogens with one attached hydrogen (secondary N) is 2. The number of amides is 3. The fourth-order valence-electron chi connectivity index (χ4n) is 3.15. The molecule has 0 bridgehead atoms. The first kappa shape index (κ1) is 27.5. The number of carbonyl (C=O) groups excluding carboxylic acids is 3. The summed E-state index contributed by atoms with van der Waals surface area (Å²) in [6, 6.07) is 5.95. The lowest BCUT2D eigenvalue weighted by Gasteiger charge is -2.35. The molecule has 0 aromatic heterocycles. The van der Waals surface area contributed by atoms with Crippen LogP contribution in [-0.4, -0.2) is 46.5 Å². The first-order chi connectivity index (χ1) is 14.6. The molecule has 0 spiro atoms. The van der Waals surface area contributed by atoms with Crippen LogP contribution in [0.25, 0.3) is 0 Å². The highest BCUT2D eigenvalue weighted by Gasteiger charge is 2.35. The van der Waals surface area contributed by atoms with Crippen LogP contribution in [-0.2, 0) is 14.3 Å². The molecule has 180 valence electrons. The van der Waals surface area contributed by atoms with E-state index < -0.39 is 29.3 Å². The van der Waals surface area contributed by atoms with Gasteiger partial charge >= 0.3 is 6.09 Å². The van der Waals surface area contributed by atoms with E-state index in [2.05, 4.69) is 10.6 Å². The zero-order valence-corrected chi connectivity index (χ0v) is 21.2. The van der Waals surface area contributed by atoms with Crippen LogP contribution in [0.2, 0.25) is 0 Å². The number of rotatable bonds is 8. The van der Waals surface area contributed by atoms with Crippen LogP contribution in [0.4, 0.5) is 4.79 Å². The summed E-state index contributed by atoms with van der Waals surface area (Å²) >= 11 is 0. The van der Waals surface area contributed by atoms with Crippen molar-refractivity contribution < 1.29 is 19.1 Å². The van der Waals surface area contributed by atoms with E-state index in [9.17, 15) is 14.4 Å². The molecule has 0 fully saturated rings. The highest BCUT2D eigenvalue weighted by molar-refractivity contribution is 5.92. The average Bonchev–Trinajstić information content (AvgIpc) is 2.62. The van der Waals surface area contributed by atoms with Crippen molar-refractivity contribution in [3.8, 4) is 0 Å². The van der Waals surface area contributed by atoms with E-state index in [0.717, 1.165) is 24.0 Å². The van der Waals surface area contributed by atoms with Crippen molar-refractivity contribution in [2.24, 2.45) is 0 Å². The molecular formula is C25H41N3O4. The lowest BCUT2D eigenvalue weighted by Crippen LogP contribution is -2.54. The quantitative estimate of drug-likeness (QED) is 0.614. The zero-order valence-electron chi connectivity index (χ0n) is 21.2. The van der Waals surface area contributed by atoms with Crippen molar-refractivity contribution in [2.45, 2.75) is 98.4 Å². The minimum absolute atomic E-state index is 0.254. The van der Waals surface area contributed by atoms with Gasteiger partial charge in [0.2, 0.25) is 11.8 Å². The molecule has 0 saturated carbocycles. The number of nitrogens with zero attached hydrogens (tertiary/aromatic N) is 1. The molecule has 0 aliphatic rings. The number of hydrogen-bond donors (Lipinski definition) is 2. The maximum absolute atomic E-state index is 13.5. The second-order valence-electron chi connectivity index (χ2n) is 10.3. The Morgan fingerprint density at radius 2 is 1.59 bits per heavy atom. The van der Waals surface area contributed by atoms with Gasteiger partial charge in [0.05, 0.1) is 0 Å². The van der Waals surface area contributed by atoms with E-state index in [1.165, 1.54) is 0 Å². The lowest BCUT2D eigenvalue weighted by molar-refractivity contribution is -0.142. The van der Waals surface area contributed by atoms with E-state index in [1.54, 1.807) is 32.6 Å². The Hall–Kier alpha value is -2.57. The van der Waals surface area contributed by atoms with Crippen molar-refractivity contribution in [3.63, 3.8) is 0 Å². The van der Waals surface area contributed by atoms with Gasteiger partial charge in [-0.2, -0.15) is 0 Å². The molecule has 7 heteroatoms. The molecule has 0 heterocycles. The number of ether oxygens (including phenoxy) is 1. The Labute approximate surface area is 193 Å². The molecule has 0 saturated heterocycles. The fourth-order valence-corrected chi connectivity index (χ4v) is 3.15. The fraction of sp³-hybridized carbons (Fsp3) is 0.640. The maximum atomic E-state index is 13.5. The van der Waals surface area contributed by atoms with Crippen LogP contribution in [0, 0.1) is 6.92 Å². The summed E-state index contributed by atoms with van der Waals surface area (Å²) in [6.45, 7) is 17.0. The van der Waals surface area contributed by atoms with Gasteiger partial charge < -0.3 is 20.3 Å². The second-order valence-corrected chi connectivity index (χ2v) is 10.3. The van der Waals surface area contributed by atoms with Gasteiger partial charge in [-0.3, -0.25) is 9.59 Å². The predicted molar refractivity (Wildman–Crippen MR) is 127 cm³/mol. The first-order valence-electron chi connectivity index (χ1n) is 11.3. The number of carbonyl (C=O) groups is 3. The predicted octanol–water partition coefficient (Wildman–Crippen LogP) is 4.49. The summed E-state index contributed by atoms with van der Waals surface area (Å²) in [6.07, 6.45) is 0.926. The molecule has 3 amide bonds. The Bertz CT molecular complexity index is 776. The number of benzene rings is 1. The Balaban J connectivity index is 3.29. The molecule has 32 heavy (non-hydrogen) atoms. The minimum atomic E-state index is -0.850.